The smallest absolute Gasteiger partial charge is 0.407 e. The summed E-state index contributed by atoms with van der Waals surface area (Å²) in [6.07, 6.45) is 0.280. The molecular weight excluding hydrogens is 410 g/mol. The molecule has 9 nitrogen and oxygen atoms in total. The van der Waals surface area contributed by atoms with Crippen LogP contribution in [0.1, 0.15) is 32.8 Å². The van der Waals surface area contributed by atoms with Crippen LogP contribution in [0.25, 0.3) is 0 Å². The van der Waals surface area contributed by atoms with Crippen molar-refractivity contribution in [1.82, 2.24) is 15.5 Å². The van der Waals surface area contributed by atoms with Crippen LogP contribution >= 0.6 is 0 Å². The van der Waals surface area contributed by atoms with Crippen molar-refractivity contribution < 1.29 is 27.5 Å². The number of benzene rings is 1. The van der Waals surface area contributed by atoms with Crippen molar-refractivity contribution in [3.8, 4) is 0 Å². The van der Waals surface area contributed by atoms with E-state index in [1.54, 1.807) is 19.1 Å². The highest BCUT2D eigenvalue weighted by Crippen LogP contribution is 2.21. The molecule has 0 spiro atoms. The molecule has 0 saturated heterocycles. The Hall–Kier alpha value is -2.88. The molecule has 0 saturated carbocycles. The predicted octanol–water partition coefficient (Wildman–Crippen LogP) is 1.98. The first kappa shape index (κ1) is 23.4. The van der Waals surface area contributed by atoms with Gasteiger partial charge in [-0.3, -0.25) is 9.69 Å². The number of ether oxygens (including phenoxy) is 1. The van der Waals surface area contributed by atoms with E-state index in [4.69, 9.17) is 0 Å². The van der Waals surface area contributed by atoms with E-state index in [-0.39, 0.29) is 17.4 Å². The van der Waals surface area contributed by atoms with Gasteiger partial charge in [-0.15, -0.1) is 0 Å². The average Bonchev–Trinajstić information content (AvgIpc) is 3.00. The monoisotopic (exact) mass is 437 g/mol. The number of nitrogens with one attached hydrogen (secondary N) is 2. The van der Waals surface area contributed by atoms with Crippen LogP contribution in [0, 0.1) is 0 Å². The van der Waals surface area contributed by atoms with E-state index in [2.05, 4.69) is 15.4 Å². The normalized spacial score (nSPS) is 14.1. The van der Waals surface area contributed by atoms with Gasteiger partial charge in [0.1, 0.15) is 5.88 Å². The third kappa shape index (κ3) is 5.82. The standard InChI is InChI=1S/C20H27N3O6S/c1-4-17-14(3)12-23(18(17)24)19(25)21-11-10-15-6-8-16(9-7-15)30(27,28)13-22-20(26)29-5-2/h6-9H,4-5,10-13H2,1-3H3,(H,21,25)(H,22,26). The second-order valence-corrected chi connectivity index (χ2v) is 8.78. The second-order valence-electron chi connectivity index (χ2n) is 6.79. The zero-order valence-corrected chi connectivity index (χ0v) is 18.2. The maximum Gasteiger partial charge on any atom is 0.407 e. The van der Waals surface area contributed by atoms with Crippen molar-refractivity contribution in [3.63, 3.8) is 0 Å². The Morgan fingerprint density at radius 1 is 1.13 bits per heavy atom. The van der Waals surface area contributed by atoms with Gasteiger partial charge in [-0.25, -0.2) is 18.0 Å². The van der Waals surface area contributed by atoms with Gasteiger partial charge in [0.2, 0.25) is 0 Å². The van der Waals surface area contributed by atoms with E-state index >= 15 is 0 Å². The molecule has 1 heterocycles. The number of urea groups is 1. The van der Waals surface area contributed by atoms with Gasteiger partial charge in [0, 0.05) is 12.1 Å². The first-order chi connectivity index (χ1) is 14.2. The molecule has 2 rings (SSSR count). The van der Waals surface area contributed by atoms with Gasteiger partial charge in [0.15, 0.2) is 9.84 Å². The maximum atomic E-state index is 12.3. The number of rotatable bonds is 8. The molecule has 0 aromatic heterocycles. The molecule has 164 valence electrons. The van der Waals surface area contributed by atoms with Gasteiger partial charge in [-0.1, -0.05) is 19.1 Å². The minimum absolute atomic E-state index is 0.0726. The Kier molecular flexibility index (Phi) is 7.99. The van der Waals surface area contributed by atoms with Crippen LogP contribution in [0.2, 0.25) is 0 Å². The minimum atomic E-state index is -3.69. The van der Waals surface area contributed by atoms with Crippen molar-refractivity contribution in [2.75, 3.05) is 25.6 Å². The van der Waals surface area contributed by atoms with E-state index in [1.807, 2.05) is 13.8 Å². The number of sulfone groups is 1. The lowest BCUT2D eigenvalue weighted by molar-refractivity contribution is -0.123. The van der Waals surface area contributed by atoms with Gasteiger partial charge < -0.3 is 15.4 Å². The Balaban J connectivity index is 1.84. The predicted molar refractivity (Wildman–Crippen MR) is 110 cm³/mol. The van der Waals surface area contributed by atoms with Crippen LogP contribution in [-0.2, 0) is 25.8 Å². The van der Waals surface area contributed by atoms with Crippen LogP contribution in [0.5, 0.6) is 0 Å². The van der Waals surface area contributed by atoms with Crippen LogP contribution in [0.4, 0.5) is 9.59 Å². The van der Waals surface area contributed by atoms with Crippen molar-refractivity contribution in [1.29, 1.82) is 0 Å². The highest BCUT2D eigenvalue weighted by molar-refractivity contribution is 7.91. The minimum Gasteiger partial charge on any atom is -0.450 e. The summed E-state index contributed by atoms with van der Waals surface area (Å²) in [4.78, 5) is 37.0. The summed E-state index contributed by atoms with van der Waals surface area (Å²) < 4.78 is 29.1. The number of amides is 4. The Bertz CT molecular complexity index is 938. The number of hydrogen-bond donors (Lipinski definition) is 2. The van der Waals surface area contributed by atoms with Gasteiger partial charge in [0.05, 0.1) is 18.0 Å². The molecule has 1 aromatic rings. The Morgan fingerprint density at radius 2 is 1.80 bits per heavy atom. The summed E-state index contributed by atoms with van der Waals surface area (Å²) in [7, 11) is -3.69. The molecule has 10 heteroatoms. The third-order valence-electron chi connectivity index (χ3n) is 4.67. The quantitative estimate of drug-likeness (QED) is 0.641. The SMILES string of the molecule is CCOC(=O)NCS(=O)(=O)c1ccc(CCNC(=O)N2CC(C)=C(CC)C2=O)cc1. The number of carbonyl (C=O) groups is 3. The summed E-state index contributed by atoms with van der Waals surface area (Å²) in [5.74, 6) is -0.809. The lowest BCUT2D eigenvalue weighted by Gasteiger charge is -2.16. The summed E-state index contributed by atoms with van der Waals surface area (Å²) in [6, 6.07) is 5.75. The maximum absolute atomic E-state index is 12.3. The van der Waals surface area contributed by atoms with E-state index in [9.17, 15) is 22.8 Å². The summed E-state index contributed by atoms with van der Waals surface area (Å²) in [5, 5.41) is 4.91. The van der Waals surface area contributed by atoms with Crippen molar-refractivity contribution in [2.45, 2.75) is 38.5 Å². The van der Waals surface area contributed by atoms with E-state index in [0.29, 0.717) is 31.5 Å². The lowest BCUT2D eigenvalue weighted by Crippen LogP contribution is -2.42. The van der Waals surface area contributed by atoms with Crippen molar-refractivity contribution in [2.24, 2.45) is 0 Å². The molecule has 0 fully saturated rings. The molecule has 30 heavy (non-hydrogen) atoms. The molecular formula is C20H27N3O6S. The van der Waals surface area contributed by atoms with Gasteiger partial charge in [-0.2, -0.15) is 0 Å². The molecule has 0 atom stereocenters. The highest BCUT2D eigenvalue weighted by atomic mass is 32.2. The summed E-state index contributed by atoms with van der Waals surface area (Å²) in [6.45, 7) is 6.12. The van der Waals surface area contributed by atoms with Gasteiger partial charge in [-0.05, 0) is 50.0 Å². The zero-order chi connectivity index (χ0) is 22.3. The molecule has 1 aliphatic heterocycles. The van der Waals surface area contributed by atoms with E-state index < -0.39 is 27.8 Å². The summed E-state index contributed by atoms with van der Waals surface area (Å²) >= 11 is 0. The largest absolute Gasteiger partial charge is 0.450 e. The number of alkyl carbamates (subject to hydrolysis) is 1. The number of imide groups is 1. The number of nitrogens with zero attached hydrogens (tertiary/aromatic N) is 1. The molecule has 4 amide bonds. The number of hydrogen-bond acceptors (Lipinski definition) is 6. The van der Waals surface area contributed by atoms with Gasteiger partial charge >= 0.3 is 12.1 Å². The van der Waals surface area contributed by atoms with Crippen LogP contribution < -0.4 is 10.6 Å². The Labute approximate surface area is 176 Å². The topological polar surface area (TPSA) is 122 Å². The third-order valence-corrected chi connectivity index (χ3v) is 6.18. The van der Waals surface area contributed by atoms with Crippen LogP contribution in [0.3, 0.4) is 0 Å². The molecule has 2 N–H and O–H groups in total. The van der Waals surface area contributed by atoms with E-state index in [0.717, 1.165) is 11.1 Å². The molecule has 0 aliphatic carbocycles. The number of carbonyl (C=O) groups excluding carboxylic acids is 3. The fourth-order valence-corrected chi connectivity index (χ4v) is 4.08. The first-order valence-corrected chi connectivity index (χ1v) is 11.4. The lowest BCUT2D eigenvalue weighted by atomic mass is 10.1. The fraction of sp³-hybridized carbons (Fsp3) is 0.450. The summed E-state index contributed by atoms with van der Waals surface area (Å²) in [5.41, 5.74) is 2.41. The van der Waals surface area contributed by atoms with E-state index in [1.165, 1.54) is 17.0 Å². The Morgan fingerprint density at radius 3 is 2.37 bits per heavy atom. The molecule has 1 aromatic carbocycles. The first-order valence-electron chi connectivity index (χ1n) is 9.70. The van der Waals surface area contributed by atoms with Gasteiger partial charge in [0.25, 0.3) is 5.91 Å². The van der Waals surface area contributed by atoms with Crippen LogP contribution in [-0.4, -0.2) is 56.9 Å². The fourth-order valence-electron chi connectivity index (χ4n) is 3.06. The average molecular weight is 438 g/mol. The second kappa shape index (κ2) is 10.2. The molecule has 0 radical (unpaired) electrons. The van der Waals surface area contributed by atoms with Crippen molar-refractivity contribution >= 4 is 27.9 Å². The highest BCUT2D eigenvalue weighted by Gasteiger charge is 2.31. The zero-order valence-electron chi connectivity index (χ0n) is 17.4. The van der Waals surface area contributed by atoms with Crippen LogP contribution in [0.15, 0.2) is 40.3 Å². The molecule has 0 bridgehead atoms. The molecule has 0 unspecified atom stereocenters. The van der Waals surface area contributed by atoms with Crippen molar-refractivity contribution in [3.05, 3.63) is 41.0 Å². The molecule has 1 aliphatic rings.